The van der Waals surface area contributed by atoms with E-state index >= 15 is 0 Å². The monoisotopic (exact) mass is 416 g/mol. The molecule has 0 atom stereocenters. The third-order valence-corrected chi connectivity index (χ3v) is 5.88. The molecule has 1 N–H and O–H groups in total. The molecule has 1 aromatic heterocycles. The van der Waals surface area contributed by atoms with Crippen LogP contribution in [0.2, 0.25) is 0 Å². The summed E-state index contributed by atoms with van der Waals surface area (Å²) in [4.78, 5) is 9.30. The normalized spacial score (nSPS) is 14.4. The van der Waals surface area contributed by atoms with Crippen molar-refractivity contribution in [1.29, 1.82) is 0 Å². The van der Waals surface area contributed by atoms with Crippen LogP contribution in [0.3, 0.4) is 0 Å². The summed E-state index contributed by atoms with van der Waals surface area (Å²) < 4.78 is 13.2. The van der Waals surface area contributed by atoms with Gasteiger partial charge < -0.3 is 10.2 Å². The largest absolute Gasteiger partial charge is 0.345 e. The third kappa shape index (κ3) is 5.01. The molecule has 4 rings (SSSR count). The predicted octanol–water partition coefficient (Wildman–Crippen LogP) is 4.71. The van der Waals surface area contributed by atoms with Gasteiger partial charge in [0.25, 0.3) is 0 Å². The first-order valence-corrected chi connectivity index (χ1v) is 10.7. The first kappa shape index (κ1) is 21.2. The standard InChI is InChI=1S/C26H29FN4/c1-19-25(12-13-26(29-19)22-6-8-23(27)9-7-22)20(2)30(3)24-10-4-21(5-11-24)18-31-16-14-28-15-17-31/h4-13,28H,2,14-18H2,1,3H3. The Morgan fingerprint density at radius 1 is 1.03 bits per heavy atom. The van der Waals surface area contributed by atoms with Crippen LogP contribution in [0.15, 0.2) is 67.2 Å². The van der Waals surface area contributed by atoms with E-state index in [9.17, 15) is 4.39 Å². The number of aryl methyl sites for hydroxylation is 1. The smallest absolute Gasteiger partial charge is 0.123 e. The van der Waals surface area contributed by atoms with Gasteiger partial charge >= 0.3 is 0 Å². The van der Waals surface area contributed by atoms with Crippen molar-refractivity contribution in [3.05, 3.63) is 89.9 Å². The van der Waals surface area contributed by atoms with Gasteiger partial charge in [0.05, 0.1) is 5.69 Å². The first-order valence-electron chi connectivity index (χ1n) is 10.7. The zero-order chi connectivity index (χ0) is 21.8. The number of halogens is 1. The maximum absolute atomic E-state index is 13.2. The lowest BCUT2D eigenvalue weighted by Gasteiger charge is -2.27. The van der Waals surface area contributed by atoms with E-state index in [2.05, 4.69) is 46.0 Å². The fourth-order valence-corrected chi connectivity index (χ4v) is 3.94. The van der Waals surface area contributed by atoms with E-state index in [4.69, 9.17) is 4.98 Å². The van der Waals surface area contributed by atoms with Gasteiger partial charge in [0.2, 0.25) is 0 Å². The Morgan fingerprint density at radius 3 is 2.35 bits per heavy atom. The van der Waals surface area contributed by atoms with Crippen LogP contribution in [0.1, 0.15) is 16.8 Å². The Balaban J connectivity index is 1.46. The summed E-state index contributed by atoms with van der Waals surface area (Å²) in [6.45, 7) is 11.6. The molecule has 2 aromatic carbocycles. The van der Waals surface area contributed by atoms with E-state index in [0.29, 0.717) is 0 Å². The molecule has 5 heteroatoms. The highest BCUT2D eigenvalue weighted by Crippen LogP contribution is 2.27. The summed E-state index contributed by atoms with van der Waals surface area (Å²) in [5.74, 6) is -0.244. The Labute approximate surface area is 184 Å². The third-order valence-electron chi connectivity index (χ3n) is 5.88. The van der Waals surface area contributed by atoms with Gasteiger partial charge in [-0.1, -0.05) is 18.7 Å². The minimum atomic E-state index is -0.244. The Hall–Kier alpha value is -3.02. The quantitative estimate of drug-likeness (QED) is 0.631. The maximum Gasteiger partial charge on any atom is 0.123 e. The number of aromatic nitrogens is 1. The zero-order valence-corrected chi connectivity index (χ0v) is 18.2. The maximum atomic E-state index is 13.2. The number of benzene rings is 2. The van der Waals surface area contributed by atoms with E-state index < -0.39 is 0 Å². The van der Waals surface area contributed by atoms with Crippen LogP contribution in [-0.4, -0.2) is 43.1 Å². The van der Waals surface area contributed by atoms with E-state index in [1.54, 1.807) is 12.1 Å². The fourth-order valence-electron chi connectivity index (χ4n) is 3.94. The number of pyridine rings is 1. The molecular weight excluding hydrogens is 387 g/mol. The molecule has 2 heterocycles. The number of rotatable bonds is 6. The molecule has 0 amide bonds. The van der Waals surface area contributed by atoms with Crippen LogP contribution in [0.5, 0.6) is 0 Å². The zero-order valence-electron chi connectivity index (χ0n) is 18.2. The van der Waals surface area contributed by atoms with E-state index in [1.165, 1.54) is 17.7 Å². The number of hydrogen-bond acceptors (Lipinski definition) is 4. The predicted molar refractivity (Wildman–Crippen MR) is 126 cm³/mol. The summed E-state index contributed by atoms with van der Waals surface area (Å²) in [5, 5.41) is 3.39. The molecule has 1 aliphatic rings. The number of hydrogen-bond donors (Lipinski definition) is 1. The van der Waals surface area contributed by atoms with Gasteiger partial charge in [-0.15, -0.1) is 0 Å². The SMILES string of the molecule is C=C(c1ccc(-c2ccc(F)cc2)nc1C)N(C)c1ccc(CN2CCNCC2)cc1. The molecule has 1 fully saturated rings. The summed E-state index contributed by atoms with van der Waals surface area (Å²) in [6, 6.07) is 19.1. The summed E-state index contributed by atoms with van der Waals surface area (Å²) in [6.07, 6.45) is 0. The van der Waals surface area contributed by atoms with E-state index in [-0.39, 0.29) is 5.82 Å². The minimum Gasteiger partial charge on any atom is -0.345 e. The van der Waals surface area contributed by atoms with Gasteiger partial charge in [-0.2, -0.15) is 0 Å². The van der Waals surface area contributed by atoms with Crippen LogP contribution in [0.25, 0.3) is 17.0 Å². The van der Waals surface area contributed by atoms with E-state index in [1.807, 2.05) is 26.1 Å². The number of nitrogens with one attached hydrogen (secondary N) is 1. The molecule has 0 bridgehead atoms. The van der Waals surface area contributed by atoms with Crippen molar-refractivity contribution < 1.29 is 4.39 Å². The second-order valence-electron chi connectivity index (χ2n) is 8.03. The molecule has 4 nitrogen and oxygen atoms in total. The van der Waals surface area contributed by atoms with Crippen molar-refractivity contribution in [2.24, 2.45) is 0 Å². The molecule has 0 radical (unpaired) electrons. The number of piperazine rings is 1. The highest BCUT2D eigenvalue weighted by atomic mass is 19.1. The molecule has 0 unspecified atom stereocenters. The first-order chi connectivity index (χ1) is 15.0. The average molecular weight is 417 g/mol. The molecule has 0 saturated carbocycles. The second kappa shape index (κ2) is 9.41. The van der Waals surface area contributed by atoms with Gasteiger partial charge in [0.1, 0.15) is 5.82 Å². The van der Waals surface area contributed by atoms with Crippen LogP contribution in [0, 0.1) is 12.7 Å². The van der Waals surface area contributed by atoms with E-state index in [0.717, 1.165) is 66.6 Å². The lowest BCUT2D eigenvalue weighted by molar-refractivity contribution is 0.233. The average Bonchev–Trinajstić information content (AvgIpc) is 2.80. The van der Waals surface area contributed by atoms with Crippen LogP contribution < -0.4 is 10.2 Å². The summed E-state index contributed by atoms with van der Waals surface area (Å²) in [5.41, 5.74) is 6.93. The fraction of sp³-hybridized carbons (Fsp3) is 0.269. The van der Waals surface area contributed by atoms with Crippen molar-refractivity contribution in [3.8, 4) is 11.3 Å². The highest BCUT2D eigenvalue weighted by Gasteiger charge is 2.13. The molecule has 0 spiro atoms. The van der Waals surface area contributed by atoms with Gasteiger partial charge in [0, 0.05) is 68.0 Å². The molecule has 0 aliphatic carbocycles. The van der Waals surface area contributed by atoms with Crippen molar-refractivity contribution in [1.82, 2.24) is 15.2 Å². The number of anilines is 1. The topological polar surface area (TPSA) is 31.4 Å². The van der Waals surface area contributed by atoms with Gasteiger partial charge in [0.15, 0.2) is 0 Å². The van der Waals surface area contributed by atoms with Gasteiger partial charge in [-0.3, -0.25) is 9.88 Å². The highest BCUT2D eigenvalue weighted by molar-refractivity contribution is 5.79. The molecule has 160 valence electrons. The summed E-state index contributed by atoms with van der Waals surface area (Å²) in [7, 11) is 2.03. The Kier molecular flexibility index (Phi) is 6.44. The van der Waals surface area contributed by atoms with Crippen LogP contribution in [0.4, 0.5) is 10.1 Å². The van der Waals surface area contributed by atoms with Gasteiger partial charge in [-0.05, 0) is 61.0 Å². The Bertz CT molecular complexity index is 1040. The minimum absolute atomic E-state index is 0.244. The second-order valence-corrected chi connectivity index (χ2v) is 8.03. The molecule has 1 saturated heterocycles. The van der Waals surface area contributed by atoms with Crippen molar-refractivity contribution >= 4 is 11.4 Å². The molecule has 31 heavy (non-hydrogen) atoms. The summed E-state index contributed by atoms with van der Waals surface area (Å²) >= 11 is 0. The number of nitrogens with zero attached hydrogens (tertiary/aromatic N) is 3. The lowest BCUT2D eigenvalue weighted by atomic mass is 10.1. The van der Waals surface area contributed by atoms with Crippen molar-refractivity contribution in [2.75, 3.05) is 38.1 Å². The van der Waals surface area contributed by atoms with Gasteiger partial charge in [-0.25, -0.2) is 4.39 Å². The molecule has 1 aliphatic heterocycles. The lowest BCUT2D eigenvalue weighted by Crippen LogP contribution is -2.42. The molecular formula is C26H29FN4. The molecule has 3 aromatic rings. The van der Waals surface area contributed by atoms with Crippen molar-refractivity contribution in [2.45, 2.75) is 13.5 Å². The van der Waals surface area contributed by atoms with Crippen LogP contribution >= 0.6 is 0 Å². The van der Waals surface area contributed by atoms with Crippen molar-refractivity contribution in [3.63, 3.8) is 0 Å². The van der Waals surface area contributed by atoms with Crippen LogP contribution in [-0.2, 0) is 6.54 Å². The Morgan fingerprint density at radius 2 is 1.71 bits per heavy atom.